The predicted molar refractivity (Wildman–Crippen MR) is 108 cm³/mol. The summed E-state index contributed by atoms with van der Waals surface area (Å²) in [5.74, 6) is -0.551. The molecular formula is C19H21N5O5. The highest BCUT2D eigenvalue weighted by Gasteiger charge is 2.20. The molecule has 3 aromatic rings. The Morgan fingerprint density at radius 2 is 2.07 bits per heavy atom. The van der Waals surface area contributed by atoms with Gasteiger partial charge < -0.3 is 19.3 Å². The van der Waals surface area contributed by atoms with Crippen LogP contribution >= 0.6 is 0 Å². The molecule has 2 heterocycles. The summed E-state index contributed by atoms with van der Waals surface area (Å²) in [5, 5.41) is 11.9. The van der Waals surface area contributed by atoms with Crippen molar-refractivity contribution in [3.63, 3.8) is 0 Å². The number of aromatic amines is 2. The lowest BCUT2D eigenvalue weighted by molar-refractivity contribution is -0.137. The van der Waals surface area contributed by atoms with E-state index >= 15 is 0 Å². The second kappa shape index (κ2) is 8.05. The predicted octanol–water partition coefficient (Wildman–Crippen LogP) is 0.971. The highest BCUT2D eigenvalue weighted by molar-refractivity contribution is 6.00. The number of hydrogen-bond donors (Lipinski definition) is 3. The molecular weight excluding hydrogens is 378 g/mol. The number of benzene rings is 1. The van der Waals surface area contributed by atoms with Crippen molar-refractivity contribution in [1.29, 1.82) is 0 Å². The number of carbonyl (C=O) groups excluding carboxylic acids is 1. The summed E-state index contributed by atoms with van der Waals surface area (Å²) in [7, 11) is 3.75. The summed E-state index contributed by atoms with van der Waals surface area (Å²) >= 11 is 0. The van der Waals surface area contributed by atoms with E-state index in [0.717, 1.165) is 11.8 Å². The van der Waals surface area contributed by atoms with Crippen LogP contribution in [0.1, 0.15) is 6.42 Å². The fraction of sp³-hybridized carbons (Fsp3) is 0.263. The average Bonchev–Trinajstić information content (AvgIpc) is 2.95. The van der Waals surface area contributed by atoms with Crippen molar-refractivity contribution in [2.45, 2.75) is 13.0 Å². The number of anilines is 1. The maximum Gasteiger partial charge on any atom is 0.351 e. The van der Waals surface area contributed by atoms with Crippen LogP contribution in [-0.2, 0) is 16.1 Å². The Kier molecular flexibility index (Phi) is 5.53. The van der Waals surface area contributed by atoms with E-state index in [1.54, 1.807) is 6.07 Å². The van der Waals surface area contributed by atoms with Gasteiger partial charge in [0.1, 0.15) is 0 Å². The Bertz CT molecular complexity index is 1160. The number of fused-ring (bicyclic) bond motifs is 1. The minimum absolute atomic E-state index is 0.0306. The molecule has 3 N–H and O–H groups in total. The van der Waals surface area contributed by atoms with Crippen molar-refractivity contribution in [3.05, 3.63) is 51.8 Å². The third kappa shape index (κ3) is 4.05. The summed E-state index contributed by atoms with van der Waals surface area (Å²) in [6.07, 6.45) is 1.45. The molecule has 0 aliphatic heterocycles. The van der Waals surface area contributed by atoms with Gasteiger partial charge in [-0.25, -0.2) is 14.4 Å². The minimum atomic E-state index is -0.798. The zero-order valence-electron chi connectivity index (χ0n) is 16.1. The highest BCUT2D eigenvalue weighted by atomic mass is 16.5. The van der Waals surface area contributed by atoms with E-state index in [9.17, 15) is 19.5 Å². The molecule has 0 aliphatic rings. The minimum Gasteiger partial charge on any atom is -0.494 e. The topological polar surface area (TPSA) is 133 Å². The Labute approximate surface area is 165 Å². The first-order valence-corrected chi connectivity index (χ1v) is 8.84. The van der Waals surface area contributed by atoms with E-state index in [1.165, 1.54) is 4.57 Å². The van der Waals surface area contributed by atoms with Crippen molar-refractivity contribution in [2.24, 2.45) is 0 Å². The van der Waals surface area contributed by atoms with Crippen molar-refractivity contribution in [1.82, 2.24) is 19.5 Å². The number of aromatic hydroxyl groups is 1. The number of nitrogens with zero attached hydrogens (tertiary/aromatic N) is 3. The molecule has 0 bridgehead atoms. The standard InChI is InChI=1S/C19H21N5O5/c1-4-14(25)29-9-5-8-24-15(16-20-18(27)22-19(28)21-16)13-10-11(23(2)3)6-7-12(13)17(24)26/h4,6-7,10,26H,1,5,8-9H2,2-3H3,(H2,20,21,22,27,28). The summed E-state index contributed by atoms with van der Waals surface area (Å²) < 4.78 is 6.51. The molecule has 0 radical (unpaired) electrons. The fourth-order valence-corrected chi connectivity index (χ4v) is 3.03. The van der Waals surface area contributed by atoms with Gasteiger partial charge >= 0.3 is 17.3 Å². The molecule has 2 aromatic heterocycles. The van der Waals surface area contributed by atoms with Crippen LogP contribution in [0, 0.1) is 0 Å². The first-order valence-electron chi connectivity index (χ1n) is 8.84. The monoisotopic (exact) mass is 399 g/mol. The number of rotatable bonds is 7. The van der Waals surface area contributed by atoms with Crippen LogP contribution in [0.3, 0.4) is 0 Å². The van der Waals surface area contributed by atoms with E-state index in [0.29, 0.717) is 22.9 Å². The quantitative estimate of drug-likeness (QED) is 0.306. The van der Waals surface area contributed by atoms with Gasteiger partial charge in [-0.3, -0.25) is 9.97 Å². The van der Waals surface area contributed by atoms with Gasteiger partial charge in [-0.15, -0.1) is 0 Å². The molecule has 0 spiro atoms. The number of carbonyl (C=O) groups is 1. The summed E-state index contributed by atoms with van der Waals surface area (Å²) in [5.41, 5.74) is -0.251. The molecule has 0 unspecified atom stereocenters. The lowest BCUT2D eigenvalue weighted by Gasteiger charge is -2.12. The molecule has 3 rings (SSSR count). The molecule has 10 nitrogen and oxygen atoms in total. The van der Waals surface area contributed by atoms with Crippen molar-refractivity contribution >= 4 is 22.4 Å². The first kappa shape index (κ1) is 19.9. The Balaban J connectivity index is 2.14. The van der Waals surface area contributed by atoms with Crippen molar-refractivity contribution < 1.29 is 14.6 Å². The van der Waals surface area contributed by atoms with Gasteiger partial charge in [0.15, 0.2) is 11.7 Å². The first-order chi connectivity index (χ1) is 13.8. The van der Waals surface area contributed by atoms with Gasteiger partial charge in [0.05, 0.1) is 12.3 Å². The zero-order chi connectivity index (χ0) is 21.1. The van der Waals surface area contributed by atoms with Crippen LogP contribution in [0.5, 0.6) is 5.88 Å². The Morgan fingerprint density at radius 1 is 1.31 bits per heavy atom. The summed E-state index contributed by atoms with van der Waals surface area (Å²) in [6.45, 7) is 3.70. The molecule has 152 valence electrons. The van der Waals surface area contributed by atoms with Crippen LogP contribution in [0.15, 0.2) is 40.4 Å². The second-order valence-electron chi connectivity index (χ2n) is 6.52. The SMILES string of the molecule is C=CC(=O)OCCCn1c(O)c2ccc(N(C)C)cc2c1-c1nc(=O)[nH]c(=O)[nH]1. The van der Waals surface area contributed by atoms with Crippen LogP contribution in [0.2, 0.25) is 0 Å². The number of aromatic nitrogens is 4. The van der Waals surface area contributed by atoms with Gasteiger partial charge in [-0.2, -0.15) is 4.98 Å². The second-order valence-corrected chi connectivity index (χ2v) is 6.52. The Hall–Kier alpha value is -3.82. The molecule has 0 fully saturated rings. The molecule has 29 heavy (non-hydrogen) atoms. The van der Waals surface area contributed by atoms with Crippen LogP contribution < -0.4 is 16.3 Å². The number of esters is 1. The maximum atomic E-state index is 11.8. The van der Waals surface area contributed by atoms with E-state index in [1.807, 2.05) is 36.1 Å². The lowest BCUT2D eigenvalue weighted by atomic mass is 10.1. The largest absolute Gasteiger partial charge is 0.494 e. The van der Waals surface area contributed by atoms with Crippen LogP contribution in [0.25, 0.3) is 22.3 Å². The van der Waals surface area contributed by atoms with E-state index < -0.39 is 17.3 Å². The third-order valence-electron chi connectivity index (χ3n) is 4.37. The molecule has 0 atom stereocenters. The third-order valence-corrected chi connectivity index (χ3v) is 4.37. The average molecular weight is 399 g/mol. The van der Waals surface area contributed by atoms with Crippen molar-refractivity contribution in [3.8, 4) is 17.4 Å². The van der Waals surface area contributed by atoms with Gasteiger partial charge in [-0.05, 0) is 24.6 Å². The summed E-state index contributed by atoms with van der Waals surface area (Å²) in [6, 6.07) is 5.43. The zero-order valence-corrected chi connectivity index (χ0v) is 16.1. The normalized spacial score (nSPS) is 10.8. The van der Waals surface area contributed by atoms with Gasteiger partial charge in [0, 0.05) is 43.2 Å². The number of hydrogen-bond acceptors (Lipinski definition) is 7. The fourth-order valence-electron chi connectivity index (χ4n) is 3.03. The molecule has 0 amide bonds. The molecule has 1 aromatic carbocycles. The Morgan fingerprint density at radius 3 is 2.72 bits per heavy atom. The van der Waals surface area contributed by atoms with Crippen molar-refractivity contribution in [2.75, 3.05) is 25.6 Å². The smallest absolute Gasteiger partial charge is 0.351 e. The maximum absolute atomic E-state index is 11.8. The summed E-state index contributed by atoms with van der Waals surface area (Å²) in [4.78, 5) is 45.0. The van der Waals surface area contributed by atoms with Crippen LogP contribution in [0.4, 0.5) is 5.69 Å². The number of H-pyrrole nitrogens is 2. The van der Waals surface area contributed by atoms with Crippen LogP contribution in [-0.4, -0.2) is 51.3 Å². The molecule has 0 saturated heterocycles. The number of nitrogens with one attached hydrogen (secondary N) is 2. The molecule has 10 heteroatoms. The number of ether oxygens (including phenoxy) is 1. The van der Waals surface area contributed by atoms with Gasteiger partial charge in [-0.1, -0.05) is 6.58 Å². The molecule has 0 aliphatic carbocycles. The molecule has 0 saturated carbocycles. The van der Waals surface area contributed by atoms with E-state index in [-0.39, 0.29) is 24.9 Å². The van der Waals surface area contributed by atoms with Gasteiger partial charge in [0.25, 0.3) is 0 Å². The van der Waals surface area contributed by atoms with E-state index in [4.69, 9.17) is 4.74 Å². The van der Waals surface area contributed by atoms with E-state index in [2.05, 4.69) is 16.5 Å². The lowest BCUT2D eigenvalue weighted by Crippen LogP contribution is -2.26. The highest BCUT2D eigenvalue weighted by Crippen LogP contribution is 2.38. The van der Waals surface area contributed by atoms with Gasteiger partial charge in [0.2, 0.25) is 0 Å².